The van der Waals surface area contributed by atoms with E-state index < -0.39 is 41.1 Å². The highest BCUT2D eigenvalue weighted by Gasteiger charge is 2.35. The first kappa shape index (κ1) is 35.4. The monoisotopic (exact) mass is 739 g/mol. The number of nitrogens with two attached hydrogens (primary N) is 1. The minimum Gasteiger partial charge on any atom is -0.467 e. The van der Waals surface area contributed by atoms with Crippen LogP contribution in [0.15, 0.2) is 42.5 Å². The highest BCUT2D eigenvalue weighted by atomic mass is 32.1. The minimum absolute atomic E-state index is 0.0222. The summed E-state index contributed by atoms with van der Waals surface area (Å²) in [6, 6.07) is 5.68. The van der Waals surface area contributed by atoms with Crippen molar-refractivity contribution >= 4 is 55.4 Å². The molecule has 1 aromatic carbocycles. The summed E-state index contributed by atoms with van der Waals surface area (Å²) in [5.41, 5.74) is 4.85. The molecule has 3 atom stereocenters. The number of methoxy groups -OCH3 is 1. The van der Waals surface area contributed by atoms with Gasteiger partial charge in [0.2, 0.25) is 0 Å². The van der Waals surface area contributed by atoms with Crippen molar-refractivity contribution in [1.82, 2.24) is 34.7 Å². The van der Waals surface area contributed by atoms with Crippen LogP contribution in [0.4, 0.5) is 32.9 Å². The first-order valence-corrected chi connectivity index (χ1v) is 17.5. The summed E-state index contributed by atoms with van der Waals surface area (Å²) < 4.78 is 78.0. The average molecular weight is 740 g/mol. The lowest BCUT2D eigenvalue weighted by atomic mass is 10.1. The Kier molecular flexibility index (Phi) is 9.89. The van der Waals surface area contributed by atoms with Crippen LogP contribution in [0.25, 0.3) is 38.5 Å². The van der Waals surface area contributed by atoms with Crippen LogP contribution in [-0.4, -0.2) is 99.2 Å². The van der Waals surface area contributed by atoms with Crippen LogP contribution in [-0.2, 0) is 4.79 Å². The number of amides is 1. The zero-order valence-electron chi connectivity index (χ0n) is 28.2. The Morgan fingerprint density at radius 1 is 1.08 bits per heavy atom. The quantitative estimate of drug-likeness (QED) is 0.165. The van der Waals surface area contributed by atoms with Gasteiger partial charge >= 0.3 is 6.01 Å². The maximum Gasteiger partial charge on any atom is 0.318 e. The number of carbonyl (C=O) groups is 1. The van der Waals surface area contributed by atoms with Gasteiger partial charge in [-0.05, 0) is 44.4 Å². The molecule has 0 saturated carbocycles. The van der Waals surface area contributed by atoms with E-state index in [1.54, 1.807) is 30.1 Å². The van der Waals surface area contributed by atoms with Crippen molar-refractivity contribution in [3.63, 3.8) is 0 Å². The Bertz CT molecular complexity index is 2160. The summed E-state index contributed by atoms with van der Waals surface area (Å²) in [6.07, 6.45) is 7.12. The molecule has 0 spiro atoms. The average Bonchev–Trinajstić information content (AvgIpc) is 3.94. The van der Waals surface area contributed by atoms with Gasteiger partial charge in [-0.15, -0.1) is 0 Å². The topological polar surface area (TPSA) is 126 Å². The van der Waals surface area contributed by atoms with Crippen molar-refractivity contribution < 1.29 is 31.5 Å². The van der Waals surface area contributed by atoms with Crippen molar-refractivity contribution in [2.24, 2.45) is 0 Å². The summed E-state index contributed by atoms with van der Waals surface area (Å²) in [6.45, 7) is 2.28. The number of ether oxygens (including phenoxy) is 1. The number of likely N-dealkylation sites (tertiary alicyclic amines) is 1. The molecule has 52 heavy (non-hydrogen) atoms. The second-order valence-electron chi connectivity index (χ2n) is 12.8. The molecule has 3 saturated heterocycles. The van der Waals surface area contributed by atoms with E-state index in [0.29, 0.717) is 30.8 Å². The summed E-state index contributed by atoms with van der Waals surface area (Å²) >= 11 is 0.801. The number of benzene rings is 1. The number of hydrogen-bond acceptors (Lipinski definition) is 11. The molecule has 3 fully saturated rings. The number of carbonyl (C=O) groups excluding carboxylic acids is 1. The number of anilines is 2. The van der Waals surface area contributed by atoms with Crippen molar-refractivity contribution in [3.05, 3.63) is 65.6 Å². The molecule has 11 nitrogen and oxygen atoms in total. The fourth-order valence-corrected chi connectivity index (χ4v) is 7.80. The zero-order valence-corrected chi connectivity index (χ0v) is 29.0. The molecule has 8 rings (SSSR count). The minimum atomic E-state index is -1.07. The number of hydrogen-bond donors (Lipinski definition) is 1. The second-order valence-corrected chi connectivity index (χ2v) is 13.9. The third kappa shape index (κ3) is 6.81. The zero-order chi connectivity index (χ0) is 36.7. The summed E-state index contributed by atoms with van der Waals surface area (Å²) in [7, 11) is 2.99. The number of pyridine rings is 2. The van der Waals surface area contributed by atoms with Crippen LogP contribution in [0, 0.1) is 17.5 Å². The Labute approximate surface area is 299 Å². The van der Waals surface area contributed by atoms with E-state index in [0.717, 1.165) is 30.4 Å². The fourth-order valence-electron chi connectivity index (χ4n) is 7.06. The summed E-state index contributed by atoms with van der Waals surface area (Å²) in [5, 5.41) is 0.151. The molecule has 3 aliphatic heterocycles. The normalized spacial score (nSPS) is 20.3. The van der Waals surface area contributed by atoms with Crippen LogP contribution < -0.4 is 15.4 Å². The first-order valence-electron chi connectivity index (χ1n) is 16.7. The van der Waals surface area contributed by atoms with E-state index in [2.05, 4.69) is 29.8 Å². The maximum atomic E-state index is 16.1. The number of nitrogens with zero attached hydrogens (tertiary/aromatic N) is 8. The van der Waals surface area contributed by atoms with Crippen LogP contribution in [0.3, 0.4) is 0 Å². The number of rotatable bonds is 6. The van der Waals surface area contributed by atoms with Crippen LogP contribution in [0.2, 0.25) is 0 Å². The predicted octanol–water partition coefficient (Wildman–Crippen LogP) is 5.94. The fraction of sp³-hybridized carbons (Fsp3) is 0.371. The van der Waals surface area contributed by atoms with E-state index in [-0.39, 0.29) is 62.8 Å². The predicted molar refractivity (Wildman–Crippen MR) is 188 cm³/mol. The molecule has 0 aliphatic carbocycles. The Morgan fingerprint density at radius 3 is 2.65 bits per heavy atom. The maximum absolute atomic E-state index is 16.1. The standard InChI is InChI=1S/C28H22F4N8O2S.C7H12FN/c1-39(14-6-8-40(12-14)26(41)18(31)9-13-5-3-4-7-34-13)25-15-11-35-22(20(32)21(15)37-28(38-25)42-2)19-16(29)10-17(30)24-23(19)36-27(33)43-24;8-6-4-7-2-1-3-9(7)5-6/h3-5,7,9-11,14H,6,8,12H2,1-2H3,(H2,33,36);6-7H,1-5H2/b18-9-;. The molecule has 0 bridgehead atoms. The van der Waals surface area contributed by atoms with Crippen LogP contribution in [0.5, 0.6) is 6.01 Å². The van der Waals surface area contributed by atoms with Gasteiger partial charge in [0, 0.05) is 63.3 Å². The van der Waals surface area contributed by atoms with E-state index in [4.69, 9.17) is 10.5 Å². The van der Waals surface area contributed by atoms with Crippen LogP contribution >= 0.6 is 11.3 Å². The van der Waals surface area contributed by atoms with E-state index in [1.807, 2.05) is 0 Å². The smallest absolute Gasteiger partial charge is 0.318 e. The largest absolute Gasteiger partial charge is 0.467 e. The van der Waals surface area contributed by atoms with Crippen molar-refractivity contribution in [3.8, 4) is 17.3 Å². The molecule has 5 aromatic rings. The molecule has 7 heterocycles. The molecule has 4 aromatic heterocycles. The Hall–Kier alpha value is -5.03. The molecule has 0 radical (unpaired) electrons. The van der Waals surface area contributed by atoms with Gasteiger partial charge in [-0.25, -0.2) is 26.9 Å². The van der Waals surface area contributed by atoms with Crippen molar-refractivity contribution in [2.45, 2.75) is 43.9 Å². The van der Waals surface area contributed by atoms with Gasteiger partial charge in [-0.1, -0.05) is 17.4 Å². The lowest BCUT2D eigenvalue weighted by Gasteiger charge is -2.27. The number of aromatic nitrogens is 5. The van der Waals surface area contributed by atoms with Gasteiger partial charge in [0.1, 0.15) is 34.8 Å². The molecule has 3 unspecified atom stereocenters. The van der Waals surface area contributed by atoms with Gasteiger partial charge in [0.05, 0.1) is 34.0 Å². The van der Waals surface area contributed by atoms with Gasteiger partial charge in [-0.2, -0.15) is 9.97 Å². The Morgan fingerprint density at radius 2 is 1.90 bits per heavy atom. The third-order valence-corrected chi connectivity index (χ3v) is 10.5. The lowest BCUT2D eigenvalue weighted by molar-refractivity contribution is -0.127. The number of thiazole rings is 1. The molecule has 2 N–H and O–H groups in total. The molecular weight excluding hydrogens is 706 g/mol. The summed E-state index contributed by atoms with van der Waals surface area (Å²) in [4.78, 5) is 38.9. The van der Waals surface area contributed by atoms with E-state index in [1.165, 1.54) is 37.2 Å². The van der Waals surface area contributed by atoms with Gasteiger partial charge in [-0.3, -0.25) is 19.7 Å². The van der Waals surface area contributed by atoms with Crippen molar-refractivity contribution in [2.75, 3.05) is 51.0 Å². The van der Waals surface area contributed by atoms with Gasteiger partial charge < -0.3 is 20.3 Å². The van der Waals surface area contributed by atoms with Gasteiger partial charge in [0.25, 0.3) is 5.91 Å². The summed E-state index contributed by atoms with van der Waals surface area (Å²) in [5.74, 6) is -4.45. The number of alkyl halides is 1. The SMILES string of the molecule is COc1nc(N(C)C2CCN(C(=O)/C(F)=C/c3ccccn3)C2)c2cnc(-c3c(F)cc(F)c4sc(N)nc34)c(F)c2n1.FC1CC2CCCN2C1. The van der Waals surface area contributed by atoms with Crippen molar-refractivity contribution in [1.29, 1.82) is 0 Å². The number of fused-ring (bicyclic) bond motifs is 3. The van der Waals surface area contributed by atoms with E-state index in [9.17, 15) is 18.0 Å². The van der Waals surface area contributed by atoms with Crippen LogP contribution in [0.1, 0.15) is 31.4 Å². The third-order valence-electron chi connectivity index (χ3n) is 9.61. The molecule has 3 aliphatic rings. The highest BCUT2D eigenvalue weighted by Crippen LogP contribution is 2.39. The number of halogens is 5. The lowest BCUT2D eigenvalue weighted by Crippen LogP contribution is -2.37. The van der Waals surface area contributed by atoms with E-state index >= 15 is 8.78 Å². The highest BCUT2D eigenvalue weighted by molar-refractivity contribution is 7.22. The second kappa shape index (κ2) is 14.5. The first-order chi connectivity index (χ1) is 25.0. The Balaban J connectivity index is 0.000000404. The molecule has 1 amide bonds. The molecule has 272 valence electrons. The number of likely N-dealkylation sites (N-methyl/N-ethyl adjacent to an activating group) is 1. The molecule has 17 heteroatoms. The van der Waals surface area contributed by atoms with Gasteiger partial charge in [0.15, 0.2) is 16.8 Å². The number of nitrogen functional groups attached to an aromatic ring is 1. The molecular formula is C35H34F5N9O2S.